The topological polar surface area (TPSA) is 119 Å². The Kier molecular flexibility index (Phi) is 4.25. The molecule has 0 saturated heterocycles. The molecule has 3 rings (SSSR count). The van der Waals surface area contributed by atoms with Crippen molar-refractivity contribution in [1.82, 2.24) is 0 Å². The molecule has 0 amide bonds. The first-order valence-electron chi connectivity index (χ1n) is 7.43. The summed E-state index contributed by atoms with van der Waals surface area (Å²) in [4.78, 5) is 12.6. The van der Waals surface area contributed by atoms with E-state index in [9.17, 15) is 20.1 Å². The van der Waals surface area contributed by atoms with Gasteiger partial charge in [-0.2, -0.15) is 0 Å². The van der Waals surface area contributed by atoms with E-state index in [4.69, 9.17) is 18.6 Å². The number of aromatic hydroxyl groups is 3. The van der Waals surface area contributed by atoms with Gasteiger partial charge in [0.15, 0.2) is 17.3 Å². The van der Waals surface area contributed by atoms with Crippen molar-refractivity contribution in [3.8, 4) is 45.8 Å². The Morgan fingerprint density at radius 3 is 2.00 bits per heavy atom. The van der Waals surface area contributed by atoms with Gasteiger partial charge in [-0.1, -0.05) is 0 Å². The van der Waals surface area contributed by atoms with Gasteiger partial charge in [-0.25, -0.2) is 0 Å². The van der Waals surface area contributed by atoms with Crippen molar-refractivity contribution in [2.75, 3.05) is 21.3 Å². The maximum atomic E-state index is 12.6. The molecule has 2 aromatic carbocycles. The summed E-state index contributed by atoms with van der Waals surface area (Å²) < 4.78 is 20.8. The molecule has 0 aliphatic rings. The Labute approximate surface area is 147 Å². The van der Waals surface area contributed by atoms with Gasteiger partial charge in [-0.15, -0.1) is 0 Å². The number of benzene rings is 2. The predicted octanol–water partition coefficient (Wildman–Crippen LogP) is 2.60. The zero-order valence-corrected chi connectivity index (χ0v) is 14.2. The molecule has 1 heterocycles. The maximum absolute atomic E-state index is 12.6. The number of hydrogen-bond acceptors (Lipinski definition) is 8. The van der Waals surface area contributed by atoms with Gasteiger partial charge in [0, 0.05) is 17.7 Å². The van der Waals surface area contributed by atoms with E-state index < -0.39 is 22.7 Å². The molecule has 1 aromatic heterocycles. The lowest BCUT2D eigenvalue weighted by atomic mass is 10.1. The summed E-state index contributed by atoms with van der Waals surface area (Å²) in [5.41, 5.74) is -0.688. The van der Waals surface area contributed by atoms with Crippen LogP contribution in [-0.2, 0) is 0 Å². The molecule has 8 heteroatoms. The molecule has 26 heavy (non-hydrogen) atoms. The third kappa shape index (κ3) is 2.61. The Morgan fingerprint density at radius 2 is 1.46 bits per heavy atom. The van der Waals surface area contributed by atoms with Gasteiger partial charge in [0.2, 0.25) is 16.9 Å². The number of rotatable bonds is 4. The van der Waals surface area contributed by atoms with Crippen LogP contribution < -0.4 is 19.6 Å². The molecule has 0 unspecified atom stereocenters. The van der Waals surface area contributed by atoms with Crippen molar-refractivity contribution in [2.45, 2.75) is 0 Å². The van der Waals surface area contributed by atoms with E-state index >= 15 is 0 Å². The third-order valence-electron chi connectivity index (χ3n) is 3.89. The first kappa shape index (κ1) is 17.3. The number of hydrogen-bond donors (Lipinski definition) is 3. The molecule has 8 nitrogen and oxygen atoms in total. The summed E-state index contributed by atoms with van der Waals surface area (Å²) in [5, 5.41) is 30.1. The lowest BCUT2D eigenvalue weighted by Crippen LogP contribution is -2.04. The van der Waals surface area contributed by atoms with E-state index in [1.807, 2.05) is 0 Å². The van der Waals surface area contributed by atoms with Gasteiger partial charge in [-0.3, -0.25) is 4.79 Å². The Balaban J connectivity index is 2.36. The van der Waals surface area contributed by atoms with Crippen LogP contribution >= 0.6 is 0 Å². The van der Waals surface area contributed by atoms with E-state index in [0.29, 0.717) is 17.1 Å². The average Bonchev–Trinajstić information content (AvgIpc) is 2.64. The highest BCUT2D eigenvalue weighted by Gasteiger charge is 2.23. The number of fused-ring (bicyclic) bond motifs is 1. The van der Waals surface area contributed by atoms with Crippen LogP contribution in [0, 0.1) is 0 Å². The van der Waals surface area contributed by atoms with Gasteiger partial charge in [0.25, 0.3) is 0 Å². The average molecular weight is 360 g/mol. The Morgan fingerprint density at radius 1 is 0.846 bits per heavy atom. The highest BCUT2D eigenvalue weighted by atomic mass is 16.5. The molecule has 0 atom stereocenters. The first-order valence-corrected chi connectivity index (χ1v) is 7.43. The van der Waals surface area contributed by atoms with Crippen molar-refractivity contribution in [3.05, 3.63) is 34.5 Å². The van der Waals surface area contributed by atoms with Crippen LogP contribution in [0.2, 0.25) is 0 Å². The summed E-state index contributed by atoms with van der Waals surface area (Å²) in [6, 6.07) is 5.81. The van der Waals surface area contributed by atoms with Crippen LogP contribution in [0.1, 0.15) is 0 Å². The zero-order valence-electron chi connectivity index (χ0n) is 14.2. The highest BCUT2D eigenvalue weighted by Crippen LogP contribution is 2.43. The van der Waals surface area contributed by atoms with Gasteiger partial charge in [-0.05, 0) is 12.1 Å². The van der Waals surface area contributed by atoms with E-state index in [-0.39, 0.29) is 22.5 Å². The fourth-order valence-electron chi connectivity index (χ4n) is 2.63. The van der Waals surface area contributed by atoms with Crippen LogP contribution in [0.5, 0.6) is 34.5 Å². The zero-order chi connectivity index (χ0) is 19.0. The highest BCUT2D eigenvalue weighted by molar-refractivity contribution is 5.91. The van der Waals surface area contributed by atoms with Crippen molar-refractivity contribution in [2.24, 2.45) is 0 Å². The molecule has 0 fully saturated rings. The molecule has 3 aromatic rings. The minimum absolute atomic E-state index is 0.125. The maximum Gasteiger partial charge on any atom is 0.238 e. The summed E-state index contributed by atoms with van der Waals surface area (Å²) in [6.45, 7) is 0. The summed E-state index contributed by atoms with van der Waals surface area (Å²) in [7, 11) is 4.13. The Bertz CT molecular complexity index is 1030. The second kappa shape index (κ2) is 6.40. The van der Waals surface area contributed by atoms with Gasteiger partial charge >= 0.3 is 0 Å². The van der Waals surface area contributed by atoms with Crippen molar-refractivity contribution in [3.63, 3.8) is 0 Å². The second-order valence-electron chi connectivity index (χ2n) is 5.36. The van der Waals surface area contributed by atoms with Gasteiger partial charge in [0.1, 0.15) is 22.5 Å². The van der Waals surface area contributed by atoms with Crippen molar-refractivity contribution in [1.29, 1.82) is 0 Å². The normalized spacial score (nSPS) is 10.7. The molecule has 0 aliphatic carbocycles. The van der Waals surface area contributed by atoms with E-state index in [1.54, 1.807) is 6.07 Å². The van der Waals surface area contributed by atoms with E-state index in [2.05, 4.69) is 0 Å². The SMILES string of the molecule is COc1cc(OC)cc(-c2oc3cc(O)c(OC)c(O)c3c(=O)c2O)c1. The lowest BCUT2D eigenvalue weighted by Gasteiger charge is -2.12. The quantitative estimate of drug-likeness (QED) is 0.650. The molecule has 0 saturated carbocycles. The van der Waals surface area contributed by atoms with E-state index in [1.165, 1.54) is 33.5 Å². The minimum atomic E-state index is -0.876. The van der Waals surface area contributed by atoms with Gasteiger partial charge < -0.3 is 33.9 Å². The van der Waals surface area contributed by atoms with Crippen molar-refractivity contribution >= 4 is 11.0 Å². The molecule has 136 valence electrons. The number of ether oxygens (including phenoxy) is 3. The molecular formula is C18H16O8. The number of phenols is 2. The third-order valence-corrected chi connectivity index (χ3v) is 3.89. The summed E-state index contributed by atoms with van der Waals surface area (Å²) >= 11 is 0. The van der Waals surface area contributed by atoms with Crippen LogP contribution in [-0.4, -0.2) is 36.6 Å². The summed E-state index contributed by atoms with van der Waals surface area (Å²) in [6.07, 6.45) is 0. The smallest absolute Gasteiger partial charge is 0.238 e. The van der Waals surface area contributed by atoms with Crippen LogP contribution in [0.4, 0.5) is 0 Å². The monoisotopic (exact) mass is 360 g/mol. The predicted molar refractivity (Wildman–Crippen MR) is 92.6 cm³/mol. The fraction of sp³-hybridized carbons (Fsp3) is 0.167. The molecule has 0 spiro atoms. The molecule has 0 aliphatic heterocycles. The minimum Gasteiger partial charge on any atom is -0.504 e. The standard InChI is InChI=1S/C18H16O8/c1-23-9-4-8(5-10(6-9)24-2)17-16(22)14(20)13-12(26-17)7-11(19)18(25-3)15(13)21/h4-7,19,21-22H,1-3H3. The molecular weight excluding hydrogens is 344 g/mol. The number of phenolic OH excluding ortho intramolecular Hbond substituents is 2. The molecule has 0 bridgehead atoms. The van der Waals surface area contributed by atoms with Crippen LogP contribution in [0.15, 0.2) is 33.5 Å². The first-order chi connectivity index (χ1) is 12.4. The summed E-state index contributed by atoms with van der Waals surface area (Å²) in [5.74, 6) is -1.37. The fourth-order valence-corrected chi connectivity index (χ4v) is 2.63. The van der Waals surface area contributed by atoms with Crippen molar-refractivity contribution < 1.29 is 33.9 Å². The molecule has 3 N–H and O–H groups in total. The molecule has 0 radical (unpaired) electrons. The van der Waals surface area contributed by atoms with Crippen LogP contribution in [0.25, 0.3) is 22.3 Å². The van der Waals surface area contributed by atoms with Crippen LogP contribution in [0.3, 0.4) is 0 Å². The number of methoxy groups -OCH3 is 3. The Hall–Kier alpha value is -3.55. The largest absolute Gasteiger partial charge is 0.504 e. The van der Waals surface area contributed by atoms with E-state index in [0.717, 1.165) is 6.07 Å². The second-order valence-corrected chi connectivity index (χ2v) is 5.36. The lowest BCUT2D eigenvalue weighted by molar-refractivity contribution is 0.346. The van der Waals surface area contributed by atoms with Gasteiger partial charge in [0.05, 0.1) is 21.3 Å².